The summed E-state index contributed by atoms with van der Waals surface area (Å²) in [6, 6.07) is 0.103. The highest BCUT2D eigenvalue weighted by Gasteiger charge is 2.42. The Labute approximate surface area is 152 Å². The molecule has 8 nitrogen and oxygen atoms in total. The summed E-state index contributed by atoms with van der Waals surface area (Å²) < 4.78 is 7.54. The van der Waals surface area contributed by atoms with Crippen molar-refractivity contribution in [1.82, 2.24) is 24.5 Å². The fourth-order valence-corrected chi connectivity index (χ4v) is 4.40. The molecule has 0 bridgehead atoms. The lowest BCUT2D eigenvalue weighted by atomic mass is 10.0. The quantitative estimate of drug-likeness (QED) is 0.863. The first kappa shape index (κ1) is 17.4. The number of nitrogens with zero attached hydrogens (tertiary/aromatic N) is 5. The van der Waals surface area contributed by atoms with E-state index in [-0.39, 0.29) is 30.6 Å². The van der Waals surface area contributed by atoms with E-state index in [0.717, 1.165) is 29.8 Å². The van der Waals surface area contributed by atoms with Crippen LogP contribution in [0.4, 0.5) is 0 Å². The van der Waals surface area contributed by atoms with E-state index >= 15 is 0 Å². The summed E-state index contributed by atoms with van der Waals surface area (Å²) in [6.07, 6.45) is 4.32. The zero-order chi connectivity index (χ0) is 18.3. The number of aromatic nitrogens is 4. The number of hydrogen-bond acceptors (Lipinski definition) is 6. The molecule has 0 unspecified atom stereocenters. The van der Waals surface area contributed by atoms with Crippen LogP contribution < -0.4 is 0 Å². The van der Waals surface area contributed by atoms with Crippen LogP contribution in [-0.2, 0) is 16.0 Å². The van der Waals surface area contributed by atoms with Gasteiger partial charge in [0, 0.05) is 31.0 Å². The van der Waals surface area contributed by atoms with Crippen LogP contribution in [0.15, 0.2) is 6.33 Å². The van der Waals surface area contributed by atoms with Crippen LogP contribution in [-0.4, -0.2) is 67.4 Å². The molecule has 0 spiro atoms. The van der Waals surface area contributed by atoms with E-state index in [2.05, 4.69) is 15.1 Å². The summed E-state index contributed by atoms with van der Waals surface area (Å²) in [7, 11) is 0. The van der Waals surface area contributed by atoms with Crippen molar-refractivity contribution in [1.29, 1.82) is 0 Å². The number of fused-ring (bicyclic) bond motifs is 2. The first-order valence-corrected chi connectivity index (χ1v) is 9.26. The second-order valence-electron chi connectivity index (χ2n) is 7.32. The van der Waals surface area contributed by atoms with Crippen molar-refractivity contribution in [3.63, 3.8) is 0 Å². The van der Waals surface area contributed by atoms with E-state index < -0.39 is 0 Å². The molecule has 140 valence electrons. The van der Waals surface area contributed by atoms with Gasteiger partial charge in [0.1, 0.15) is 6.33 Å². The molecule has 2 aromatic heterocycles. The summed E-state index contributed by atoms with van der Waals surface area (Å²) >= 11 is 0. The molecular weight excluding hydrogens is 334 g/mol. The Hall–Kier alpha value is -2.06. The molecule has 3 heterocycles. The molecule has 0 aromatic carbocycles. The SMILES string of the molecule is Cc1nc2ncnn2c(C)c1CCC(=O)N1CCO[C@H]2C[C@H](CO)C[C@@H]21. The zero-order valence-corrected chi connectivity index (χ0v) is 15.3. The molecular formula is C18H25N5O3. The average Bonchev–Trinajstić information content (AvgIpc) is 3.27. The van der Waals surface area contributed by atoms with Crippen molar-refractivity contribution in [2.45, 2.75) is 51.7 Å². The summed E-state index contributed by atoms with van der Waals surface area (Å²) in [4.78, 5) is 23.5. The molecule has 0 radical (unpaired) electrons. The zero-order valence-electron chi connectivity index (χ0n) is 15.3. The lowest BCUT2D eigenvalue weighted by Gasteiger charge is -2.37. The fourth-order valence-electron chi connectivity index (χ4n) is 4.40. The van der Waals surface area contributed by atoms with Gasteiger partial charge in [0.05, 0.1) is 18.8 Å². The number of morpholine rings is 1. The molecule has 1 saturated carbocycles. The highest BCUT2D eigenvalue weighted by Crippen LogP contribution is 2.34. The minimum atomic E-state index is 0.0708. The highest BCUT2D eigenvalue weighted by molar-refractivity contribution is 5.77. The number of aryl methyl sites for hydroxylation is 2. The average molecular weight is 359 g/mol. The highest BCUT2D eigenvalue weighted by atomic mass is 16.5. The molecule has 8 heteroatoms. The number of amides is 1. The molecule has 2 aromatic rings. The number of aliphatic hydroxyl groups is 1. The maximum absolute atomic E-state index is 12.9. The maximum atomic E-state index is 12.9. The van der Waals surface area contributed by atoms with Gasteiger partial charge in [0.15, 0.2) is 0 Å². The molecule has 2 fully saturated rings. The van der Waals surface area contributed by atoms with Gasteiger partial charge in [-0.2, -0.15) is 10.1 Å². The third-order valence-electron chi connectivity index (χ3n) is 5.79. The predicted octanol–water partition coefficient (Wildman–Crippen LogP) is 0.672. The van der Waals surface area contributed by atoms with Gasteiger partial charge < -0.3 is 14.7 Å². The minimum Gasteiger partial charge on any atom is -0.396 e. The molecule has 3 atom stereocenters. The van der Waals surface area contributed by atoms with Crippen LogP contribution in [0.1, 0.15) is 36.2 Å². The van der Waals surface area contributed by atoms with Crippen LogP contribution in [0, 0.1) is 19.8 Å². The number of hydrogen-bond donors (Lipinski definition) is 1. The Balaban J connectivity index is 1.47. The monoisotopic (exact) mass is 359 g/mol. The first-order valence-electron chi connectivity index (χ1n) is 9.26. The lowest BCUT2D eigenvalue weighted by Crippen LogP contribution is -2.51. The second-order valence-corrected chi connectivity index (χ2v) is 7.32. The number of aliphatic hydroxyl groups excluding tert-OH is 1. The Kier molecular flexibility index (Phi) is 4.62. The molecule has 2 aliphatic rings. The Morgan fingerprint density at radius 2 is 2.23 bits per heavy atom. The van der Waals surface area contributed by atoms with Crippen molar-refractivity contribution in [3.05, 3.63) is 23.3 Å². The second kappa shape index (κ2) is 6.92. The smallest absolute Gasteiger partial charge is 0.252 e. The number of carbonyl (C=O) groups excluding carboxylic acids is 1. The van der Waals surface area contributed by atoms with Crippen LogP contribution in [0.3, 0.4) is 0 Å². The third kappa shape index (κ3) is 2.97. The fraction of sp³-hybridized carbons (Fsp3) is 0.667. The lowest BCUT2D eigenvalue weighted by molar-refractivity contribution is -0.143. The Morgan fingerprint density at radius 3 is 3.04 bits per heavy atom. The molecule has 4 rings (SSSR count). The number of carbonyl (C=O) groups is 1. The van der Waals surface area contributed by atoms with Gasteiger partial charge in [-0.05, 0) is 44.6 Å². The van der Waals surface area contributed by atoms with Crippen LogP contribution in [0.5, 0.6) is 0 Å². The molecule has 26 heavy (non-hydrogen) atoms. The van der Waals surface area contributed by atoms with Crippen LogP contribution in [0.2, 0.25) is 0 Å². The summed E-state index contributed by atoms with van der Waals surface area (Å²) in [6.45, 7) is 5.32. The summed E-state index contributed by atoms with van der Waals surface area (Å²) in [5, 5.41) is 13.6. The summed E-state index contributed by atoms with van der Waals surface area (Å²) in [5.74, 6) is 0.980. The van der Waals surface area contributed by atoms with Crippen molar-refractivity contribution >= 4 is 11.7 Å². The third-order valence-corrected chi connectivity index (χ3v) is 5.79. The first-order chi connectivity index (χ1) is 12.6. The van der Waals surface area contributed by atoms with Gasteiger partial charge >= 0.3 is 0 Å². The molecule has 1 saturated heterocycles. The largest absolute Gasteiger partial charge is 0.396 e. The predicted molar refractivity (Wildman–Crippen MR) is 93.6 cm³/mol. The van der Waals surface area contributed by atoms with Gasteiger partial charge in [0.2, 0.25) is 5.91 Å². The van der Waals surface area contributed by atoms with E-state index in [4.69, 9.17) is 4.74 Å². The molecule has 1 aliphatic carbocycles. The topological polar surface area (TPSA) is 92.9 Å². The van der Waals surface area contributed by atoms with Gasteiger partial charge in [-0.3, -0.25) is 4.79 Å². The maximum Gasteiger partial charge on any atom is 0.252 e. The van der Waals surface area contributed by atoms with Crippen LogP contribution >= 0.6 is 0 Å². The van der Waals surface area contributed by atoms with E-state index in [9.17, 15) is 9.90 Å². The minimum absolute atomic E-state index is 0.0708. The van der Waals surface area contributed by atoms with E-state index in [0.29, 0.717) is 31.8 Å². The molecule has 1 amide bonds. The normalized spacial score (nSPS) is 25.7. The van der Waals surface area contributed by atoms with E-state index in [1.165, 1.54) is 6.33 Å². The van der Waals surface area contributed by atoms with E-state index in [1.54, 1.807) is 4.52 Å². The standard InChI is InChI=1S/C18H25N5O3/c1-11-14(12(2)23-18(21-11)19-10-20-23)3-4-17(25)22-5-6-26-16-8-13(9-24)7-15(16)22/h10,13,15-16,24H,3-9H2,1-2H3/t13-,15+,16+/m1/s1. The molecule has 1 N–H and O–H groups in total. The van der Waals surface area contributed by atoms with Gasteiger partial charge in [-0.25, -0.2) is 9.50 Å². The van der Waals surface area contributed by atoms with E-state index in [1.807, 2.05) is 18.7 Å². The van der Waals surface area contributed by atoms with Crippen molar-refractivity contribution < 1.29 is 14.6 Å². The van der Waals surface area contributed by atoms with Crippen molar-refractivity contribution in [3.8, 4) is 0 Å². The van der Waals surface area contributed by atoms with Gasteiger partial charge in [-0.1, -0.05) is 0 Å². The molecule has 1 aliphatic heterocycles. The van der Waals surface area contributed by atoms with Crippen LogP contribution in [0.25, 0.3) is 5.78 Å². The van der Waals surface area contributed by atoms with Gasteiger partial charge in [0.25, 0.3) is 5.78 Å². The summed E-state index contributed by atoms with van der Waals surface area (Å²) in [5.41, 5.74) is 2.94. The van der Waals surface area contributed by atoms with Crippen molar-refractivity contribution in [2.24, 2.45) is 5.92 Å². The number of ether oxygens (including phenoxy) is 1. The Bertz CT molecular complexity index is 821. The number of rotatable bonds is 4. The Morgan fingerprint density at radius 1 is 1.38 bits per heavy atom. The van der Waals surface area contributed by atoms with Gasteiger partial charge in [-0.15, -0.1) is 0 Å². The van der Waals surface area contributed by atoms with Crippen molar-refractivity contribution in [2.75, 3.05) is 19.8 Å².